The Morgan fingerprint density at radius 1 is 1.03 bits per heavy atom. The molecule has 1 N–H and O–H groups in total. The summed E-state index contributed by atoms with van der Waals surface area (Å²) in [4.78, 5) is 36.5. The van der Waals surface area contributed by atoms with Gasteiger partial charge in [0.05, 0.1) is 28.8 Å². The van der Waals surface area contributed by atoms with Crippen molar-refractivity contribution in [2.45, 2.75) is 6.18 Å². The number of halogens is 4. The minimum absolute atomic E-state index is 0.0889. The van der Waals surface area contributed by atoms with Gasteiger partial charge in [-0.2, -0.15) is 13.2 Å². The van der Waals surface area contributed by atoms with Crippen LogP contribution in [0.1, 0.15) is 10.4 Å². The molecule has 1 aliphatic heterocycles. The maximum Gasteiger partial charge on any atom is 0.491 e. The lowest BCUT2D eigenvalue weighted by Gasteiger charge is -2.32. The number of carbonyl (C=O) groups excluding carboxylic acids is 2. The summed E-state index contributed by atoms with van der Waals surface area (Å²) in [7, 11) is 2.01. The Morgan fingerprint density at radius 2 is 1.72 bits per heavy atom. The molecule has 1 aromatic heterocycles. The highest BCUT2D eigenvalue weighted by Gasteiger charge is 2.41. The molecule has 0 spiro atoms. The molecule has 36 heavy (non-hydrogen) atoms. The van der Waals surface area contributed by atoms with Gasteiger partial charge in [-0.25, -0.2) is 9.78 Å². The number of nitrogens with zero attached hydrogens (tertiary/aromatic N) is 4. The standard InChI is InChI=1S/C24H21ClF3N5O3/c1-32-8-10-33(11-9-32)22(34)16-4-7-18(25)19(12-16)30-21-14-29-13-20(31-21)15-2-5-17(6-3-15)36-23(35)24(26,27)28/h2-7,12-14H,8-11H2,1H3,(H,30,31). The number of hydrogen-bond donors (Lipinski definition) is 1. The van der Waals surface area contributed by atoms with Crippen LogP contribution >= 0.6 is 11.6 Å². The number of aromatic nitrogens is 2. The number of rotatable bonds is 5. The van der Waals surface area contributed by atoms with Gasteiger partial charge in [-0.1, -0.05) is 11.6 Å². The number of alkyl halides is 3. The molecule has 0 bridgehead atoms. The lowest BCUT2D eigenvalue weighted by molar-refractivity contribution is -0.189. The van der Waals surface area contributed by atoms with Crippen molar-refractivity contribution in [3.8, 4) is 17.0 Å². The van der Waals surface area contributed by atoms with Gasteiger partial charge in [0.15, 0.2) is 0 Å². The van der Waals surface area contributed by atoms with Crippen molar-refractivity contribution >= 4 is 35.0 Å². The monoisotopic (exact) mass is 519 g/mol. The first kappa shape index (κ1) is 25.4. The summed E-state index contributed by atoms with van der Waals surface area (Å²) in [5.41, 5.74) is 1.90. The molecule has 0 saturated carbocycles. The number of amides is 1. The lowest BCUT2D eigenvalue weighted by Crippen LogP contribution is -2.47. The Hall–Kier alpha value is -3.70. The second kappa shape index (κ2) is 10.5. The second-order valence-electron chi connectivity index (χ2n) is 8.12. The van der Waals surface area contributed by atoms with E-state index in [0.29, 0.717) is 46.4 Å². The van der Waals surface area contributed by atoms with Crippen molar-refractivity contribution in [2.24, 2.45) is 0 Å². The first-order chi connectivity index (χ1) is 17.1. The van der Waals surface area contributed by atoms with E-state index in [1.165, 1.54) is 36.7 Å². The van der Waals surface area contributed by atoms with E-state index in [2.05, 4.69) is 24.9 Å². The zero-order chi connectivity index (χ0) is 25.9. The van der Waals surface area contributed by atoms with E-state index >= 15 is 0 Å². The first-order valence-electron chi connectivity index (χ1n) is 10.9. The smallest absolute Gasteiger partial charge is 0.420 e. The van der Waals surface area contributed by atoms with Crippen molar-refractivity contribution in [3.05, 3.63) is 65.4 Å². The molecular formula is C24H21ClF3N5O3. The van der Waals surface area contributed by atoms with Gasteiger partial charge in [0, 0.05) is 37.3 Å². The normalized spacial score (nSPS) is 14.4. The average Bonchev–Trinajstić information content (AvgIpc) is 2.85. The Kier molecular flexibility index (Phi) is 7.41. The van der Waals surface area contributed by atoms with E-state index in [0.717, 1.165) is 13.1 Å². The van der Waals surface area contributed by atoms with Gasteiger partial charge in [-0.15, -0.1) is 0 Å². The number of likely N-dealkylation sites (N-methyl/N-ethyl adjacent to an activating group) is 1. The fourth-order valence-corrected chi connectivity index (χ4v) is 3.67. The molecule has 1 fully saturated rings. The van der Waals surface area contributed by atoms with Gasteiger partial charge >= 0.3 is 12.1 Å². The molecule has 1 amide bonds. The highest BCUT2D eigenvalue weighted by molar-refractivity contribution is 6.33. The number of piperazine rings is 1. The molecule has 0 unspecified atom stereocenters. The number of hydrogen-bond acceptors (Lipinski definition) is 7. The maximum atomic E-state index is 12.9. The molecule has 0 aliphatic carbocycles. The van der Waals surface area contributed by atoms with Gasteiger partial charge in [0.25, 0.3) is 5.91 Å². The summed E-state index contributed by atoms with van der Waals surface area (Å²) in [6, 6.07) is 10.3. The van der Waals surface area contributed by atoms with Crippen LogP contribution in [0.15, 0.2) is 54.9 Å². The molecule has 12 heteroatoms. The van der Waals surface area contributed by atoms with Crippen LogP contribution in [0.25, 0.3) is 11.3 Å². The van der Waals surface area contributed by atoms with Crippen molar-refractivity contribution in [3.63, 3.8) is 0 Å². The Morgan fingerprint density at radius 3 is 2.39 bits per heavy atom. The fraction of sp³-hybridized carbons (Fsp3) is 0.250. The first-order valence-corrected chi connectivity index (χ1v) is 11.2. The Bertz CT molecular complexity index is 1260. The van der Waals surface area contributed by atoms with Crippen LogP contribution in [0.3, 0.4) is 0 Å². The molecule has 1 aliphatic rings. The van der Waals surface area contributed by atoms with E-state index in [-0.39, 0.29) is 11.7 Å². The molecule has 1 saturated heterocycles. The van der Waals surface area contributed by atoms with Gasteiger partial charge in [0.2, 0.25) is 0 Å². The number of carbonyl (C=O) groups is 2. The largest absolute Gasteiger partial charge is 0.491 e. The van der Waals surface area contributed by atoms with Gasteiger partial charge < -0.3 is 19.9 Å². The van der Waals surface area contributed by atoms with Crippen molar-refractivity contribution in [1.29, 1.82) is 0 Å². The highest BCUT2D eigenvalue weighted by atomic mass is 35.5. The molecule has 188 valence electrons. The summed E-state index contributed by atoms with van der Waals surface area (Å²) >= 11 is 6.34. The summed E-state index contributed by atoms with van der Waals surface area (Å²) in [6.07, 6.45) is -2.15. The maximum absolute atomic E-state index is 12.9. The quantitative estimate of drug-likeness (QED) is 0.395. The van der Waals surface area contributed by atoms with Gasteiger partial charge in [0.1, 0.15) is 11.6 Å². The van der Waals surface area contributed by atoms with E-state index in [1.54, 1.807) is 23.1 Å². The number of esters is 1. The highest BCUT2D eigenvalue weighted by Crippen LogP contribution is 2.28. The number of nitrogens with one attached hydrogen (secondary N) is 1. The van der Waals surface area contributed by atoms with Crippen LogP contribution in [-0.4, -0.2) is 71.0 Å². The molecule has 8 nitrogen and oxygen atoms in total. The molecular weight excluding hydrogens is 499 g/mol. The molecule has 0 atom stereocenters. The molecule has 3 aromatic rings. The summed E-state index contributed by atoms with van der Waals surface area (Å²) in [5.74, 6) is -2.30. The van der Waals surface area contributed by atoms with Crippen LogP contribution in [0.4, 0.5) is 24.7 Å². The molecule has 2 heterocycles. The van der Waals surface area contributed by atoms with E-state index < -0.39 is 12.1 Å². The third-order valence-corrected chi connectivity index (χ3v) is 5.82. The predicted molar refractivity (Wildman–Crippen MR) is 127 cm³/mol. The zero-order valence-electron chi connectivity index (χ0n) is 19.1. The van der Waals surface area contributed by atoms with Crippen LogP contribution in [0, 0.1) is 0 Å². The number of ether oxygens (including phenoxy) is 1. The summed E-state index contributed by atoms with van der Waals surface area (Å²) < 4.78 is 41.4. The average molecular weight is 520 g/mol. The predicted octanol–water partition coefficient (Wildman–Crippen LogP) is 4.40. The molecule has 0 radical (unpaired) electrons. The number of benzene rings is 2. The number of anilines is 2. The molecule has 2 aromatic carbocycles. The summed E-state index contributed by atoms with van der Waals surface area (Å²) in [5, 5.41) is 3.45. The van der Waals surface area contributed by atoms with E-state index in [4.69, 9.17) is 11.6 Å². The zero-order valence-corrected chi connectivity index (χ0v) is 19.8. The minimum Gasteiger partial charge on any atom is -0.420 e. The fourth-order valence-electron chi connectivity index (χ4n) is 3.51. The topological polar surface area (TPSA) is 87.7 Å². The van der Waals surface area contributed by atoms with E-state index in [9.17, 15) is 22.8 Å². The van der Waals surface area contributed by atoms with Gasteiger partial charge in [-0.3, -0.25) is 9.78 Å². The van der Waals surface area contributed by atoms with Gasteiger partial charge in [-0.05, 0) is 49.5 Å². The van der Waals surface area contributed by atoms with Crippen molar-refractivity contribution in [1.82, 2.24) is 19.8 Å². The second-order valence-corrected chi connectivity index (χ2v) is 8.52. The third-order valence-electron chi connectivity index (χ3n) is 5.49. The van der Waals surface area contributed by atoms with E-state index in [1.807, 2.05) is 7.05 Å². The van der Waals surface area contributed by atoms with Crippen LogP contribution in [-0.2, 0) is 4.79 Å². The van der Waals surface area contributed by atoms with Crippen LogP contribution in [0.5, 0.6) is 5.75 Å². The summed E-state index contributed by atoms with van der Waals surface area (Å²) in [6.45, 7) is 2.89. The SMILES string of the molecule is CN1CCN(C(=O)c2ccc(Cl)c(Nc3cncc(-c4ccc(OC(=O)C(F)(F)F)cc4)n3)c2)CC1. The van der Waals surface area contributed by atoms with Crippen LogP contribution in [0.2, 0.25) is 5.02 Å². The Labute approximate surface area is 209 Å². The van der Waals surface area contributed by atoms with Crippen molar-refractivity contribution in [2.75, 3.05) is 38.5 Å². The third kappa shape index (κ3) is 6.10. The van der Waals surface area contributed by atoms with Crippen molar-refractivity contribution < 1.29 is 27.5 Å². The minimum atomic E-state index is -5.09. The Balaban J connectivity index is 1.49. The lowest BCUT2D eigenvalue weighted by atomic mass is 10.1. The molecule has 4 rings (SSSR count). The van der Waals surface area contributed by atoms with Crippen LogP contribution < -0.4 is 10.1 Å².